The van der Waals surface area contributed by atoms with Crippen LogP contribution in [-0.4, -0.2) is 48.6 Å². The van der Waals surface area contributed by atoms with Gasteiger partial charge in [0, 0.05) is 13.6 Å². The first kappa shape index (κ1) is 18.1. The summed E-state index contributed by atoms with van der Waals surface area (Å²) in [5, 5.41) is 11.6. The quantitative estimate of drug-likeness (QED) is 0.844. The lowest BCUT2D eigenvalue weighted by Crippen LogP contribution is -2.44. The maximum atomic E-state index is 12.0. The van der Waals surface area contributed by atoms with Crippen LogP contribution in [0.4, 0.5) is 18.0 Å². The molecule has 1 aromatic carbocycles. The lowest BCUT2D eigenvalue weighted by atomic mass is 10.1. The molecule has 0 aliphatic rings. The van der Waals surface area contributed by atoms with Gasteiger partial charge in [0.15, 0.2) is 0 Å². The molecule has 22 heavy (non-hydrogen) atoms. The van der Waals surface area contributed by atoms with Crippen LogP contribution in [0.3, 0.4) is 0 Å². The minimum atomic E-state index is -4.70. The van der Waals surface area contributed by atoms with Crippen LogP contribution >= 0.6 is 0 Å². The minimum absolute atomic E-state index is 0.134. The van der Waals surface area contributed by atoms with Gasteiger partial charge in [-0.25, -0.2) is 4.79 Å². The number of aliphatic hydroxyl groups is 1. The standard InChI is InChI=1S/C14H19F3N2O3/c1-10(9-20)19(2)13(21)18-8-7-11-3-5-12(6-4-11)22-14(15,16)17/h3-6,10,20H,7-9H2,1-2H3,(H,18,21). The number of amides is 2. The number of ether oxygens (including phenoxy) is 1. The summed E-state index contributed by atoms with van der Waals surface area (Å²) >= 11 is 0. The molecule has 2 N–H and O–H groups in total. The molecular weight excluding hydrogens is 301 g/mol. The van der Waals surface area contributed by atoms with Gasteiger partial charge in [-0.3, -0.25) is 0 Å². The zero-order valence-electron chi connectivity index (χ0n) is 12.4. The van der Waals surface area contributed by atoms with E-state index in [9.17, 15) is 18.0 Å². The second kappa shape index (κ2) is 7.88. The van der Waals surface area contributed by atoms with Crippen LogP contribution in [0.25, 0.3) is 0 Å². The summed E-state index contributed by atoms with van der Waals surface area (Å²) in [4.78, 5) is 13.1. The molecule has 5 nitrogen and oxygen atoms in total. The average Bonchev–Trinajstić information content (AvgIpc) is 2.45. The first-order chi connectivity index (χ1) is 10.2. The van der Waals surface area contributed by atoms with E-state index in [1.807, 2.05) is 0 Å². The monoisotopic (exact) mass is 320 g/mol. The molecule has 1 aromatic rings. The van der Waals surface area contributed by atoms with Crippen molar-refractivity contribution in [3.05, 3.63) is 29.8 Å². The van der Waals surface area contributed by atoms with Crippen molar-refractivity contribution in [2.24, 2.45) is 0 Å². The Balaban J connectivity index is 2.41. The van der Waals surface area contributed by atoms with E-state index in [0.29, 0.717) is 13.0 Å². The predicted molar refractivity (Wildman–Crippen MR) is 74.5 cm³/mol. The van der Waals surface area contributed by atoms with Gasteiger partial charge in [-0.1, -0.05) is 12.1 Å². The number of likely N-dealkylation sites (N-methyl/N-ethyl adjacent to an activating group) is 1. The van der Waals surface area contributed by atoms with E-state index in [1.165, 1.54) is 29.2 Å². The Kier molecular flexibility index (Phi) is 6.48. The molecule has 0 saturated heterocycles. The molecular formula is C14H19F3N2O3. The highest BCUT2D eigenvalue weighted by molar-refractivity contribution is 5.74. The van der Waals surface area contributed by atoms with Crippen molar-refractivity contribution < 1.29 is 27.8 Å². The van der Waals surface area contributed by atoms with Crippen LogP contribution in [0.5, 0.6) is 5.75 Å². The van der Waals surface area contributed by atoms with E-state index < -0.39 is 6.36 Å². The molecule has 1 unspecified atom stereocenters. The zero-order valence-corrected chi connectivity index (χ0v) is 12.4. The summed E-state index contributed by atoms with van der Waals surface area (Å²) in [6, 6.07) is 4.85. The first-order valence-corrected chi connectivity index (χ1v) is 6.69. The van der Waals surface area contributed by atoms with Crippen LogP contribution in [0.1, 0.15) is 12.5 Å². The molecule has 8 heteroatoms. The summed E-state index contributed by atoms with van der Waals surface area (Å²) in [5.74, 6) is -0.281. The van der Waals surface area contributed by atoms with Crippen molar-refractivity contribution in [2.45, 2.75) is 25.7 Å². The number of carbonyl (C=O) groups is 1. The molecule has 1 atom stereocenters. The number of aliphatic hydroxyl groups excluding tert-OH is 1. The van der Waals surface area contributed by atoms with Crippen LogP contribution in [-0.2, 0) is 6.42 Å². The number of nitrogens with zero attached hydrogens (tertiary/aromatic N) is 1. The molecule has 0 aromatic heterocycles. The van der Waals surface area contributed by atoms with Crippen molar-refractivity contribution >= 4 is 6.03 Å². The van der Waals surface area contributed by atoms with Gasteiger partial charge in [-0.2, -0.15) is 0 Å². The van der Waals surface area contributed by atoms with Crippen molar-refractivity contribution in [2.75, 3.05) is 20.2 Å². The summed E-state index contributed by atoms with van der Waals surface area (Å²) in [7, 11) is 1.57. The van der Waals surface area contributed by atoms with Crippen LogP contribution in [0, 0.1) is 0 Å². The van der Waals surface area contributed by atoms with Gasteiger partial charge >= 0.3 is 12.4 Å². The fourth-order valence-corrected chi connectivity index (χ4v) is 1.62. The number of hydrogen-bond acceptors (Lipinski definition) is 3. The van der Waals surface area contributed by atoms with Gasteiger partial charge in [0.05, 0.1) is 12.6 Å². The Morgan fingerprint density at radius 1 is 1.36 bits per heavy atom. The average molecular weight is 320 g/mol. The number of halogens is 3. The summed E-state index contributed by atoms with van der Waals surface area (Å²) in [5.41, 5.74) is 0.771. The number of urea groups is 1. The zero-order chi connectivity index (χ0) is 16.8. The fraction of sp³-hybridized carbons (Fsp3) is 0.500. The van der Waals surface area contributed by atoms with Gasteiger partial charge in [-0.05, 0) is 31.0 Å². The van der Waals surface area contributed by atoms with Gasteiger partial charge < -0.3 is 20.1 Å². The topological polar surface area (TPSA) is 61.8 Å². The van der Waals surface area contributed by atoms with E-state index in [-0.39, 0.29) is 24.4 Å². The Morgan fingerprint density at radius 2 is 1.95 bits per heavy atom. The van der Waals surface area contributed by atoms with E-state index in [2.05, 4.69) is 10.1 Å². The molecule has 0 spiro atoms. The molecule has 0 saturated carbocycles. The Labute approximate surface area is 126 Å². The highest BCUT2D eigenvalue weighted by Gasteiger charge is 2.30. The van der Waals surface area contributed by atoms with E-state index in [4.69, 9.17) is 5.11 Å². The Morgan fingerprint density at radius 3 is 2.45 bits per heavy atom. The Bertz CT molecular complexity index is 477. The number of hydrogen-bond donors (Lipinski definition) is 2. The van der Waals surface area contributed by atoms with Gasteiger partial charge in [-0.15, -0.1) is 13.2 Å². The number of carbonyl (C=O) groups excluding carboxylic acids is 1. The van der Waals surface area contributed by atoms with Gasteiger partial charge in [0.1, 0.15) is 5.75 Å². The number of nitrogens with one attached hydrogen (secondary N) is 1. The minimum Gasteiger partial charge on any atom is -0.406 e. The molecule has 124 valence electrons. The van der Waals surface area contributed by atoms with E-state index in [0.717, 1.165) is 5.56 Å². The highest BCUT2D eigenvalue weighted by Crippen LogP contribution is 2.22. The highest BCUT2D eigenvalue weighted by atomic mass is 19.4. The van der Waals surface area contributed by atoms with Gasteiger partial charge in [0.2, 0.25) is 0 Å². The predicted octanol–water partition coefficient (Wildman–Crippen LogP) is 2.15. The van der Waals surface area contributed by atoms with E-state index in [1.54, 1.807) is 14.0 Å². The molecule has 0 aliphatic carbocycles. The summed E-state index contributed by atoms with van der Waals surface area (Å²) in [6.07, 6.45) is -4.23. The third kappa shape index (κ3) is 6.21. The van der Waals surface area contributed by atoms with Gasteiger partial charge in [0.25, 0.3) is 0 Å². The SMILES string of the molecule is CC(CO)N(C)C(=O)NCCc1ccc(OC(F)(F)F)cc1. The largest absolute Gasteiger partial charge is 0.573 e. The molecule has 0 bridgehead atoms. The second-order valence-corrected chi connectivity index (χ2v) is 4.82. The fourth-order valence-electron chi connectivity index (χ4n) is 1.62. The van der Waals surface area contributed by atoms with Crippen LogP contribution in [0.15, 0.2) is 24.3 Å². The van der Waals surface area contributed by atoms with Crippen molar-refractivity contribution in [3.63, 3.8) is 0 Å². The number of benzene rings is 1. The molecule has 0 fully saturated rings. The molecule has 2 amide bonds. The molecule has 1 rings (SSSR count). The lowest BCUT2D eigenvalue weighted by Gasteiger charge is -2.23. The van der Waals surface area contributed by atoms with Crippen molar-refractivity contribution in [1.82, 2.24) is 10.2 Å². The maximum absolute atomic E-state index is 12.0. The third-order valence-corrected chi connectivity index (χ3v) is 3.09. The first-order valence-electron chi connectivity index (χ1n) is 6.69. The number of rotatable bonds is 6. The van der Waals surface area contributed by atoms with E-state index >= 15 is 0 Å². The summed E-state index contributed by atoms with van der Waals surface area (Å²) in [6.45, 7) is 1.91. The van der Waals surface area contributed by atoms with Crippen molar-refractivity contribution in [3.8, 4) is 5.75 Å². The number of alkyl halides is 3. The third-order valence-electron chi connectivity index (χ3n) is 3.09. The maximum Gasteiger partial charge on any atom is 0.573 e. The lowest BCUT2D eigenvalue weighted by molar-refractivity contribution is -0.274. The molecule has 0 radical (unpaired) electrons. The Hall–Kier alpha value is -1.96. The molecule has 0 heterocycles. The normalized spacial score (nSPS) is 12.6. The van der Waals surface area contributed by atoms with Crippen LogP contribution < -0.4 is 10.1 Å². The summed E-state index contributed by atoms with van der Waals surface area (Å²) < 4.78 is 39.8. The van der Waals surface area contributed by atoms with Crippen LogP contribution in [0.2, 0.25) is 0 Å². The smallest absolute Gasteiger partial charge is 0.406 e. The second-order valence-electron chi connectivity index (χ2n) is 4.82. The van der Waals surface area contributed by atoms with Crippen molar-refractivity contribution in [1.29, 1.82) is 0 Å². The molecule has 0 aliphatic heterocycles.